The molecule has 0 saturated heterocycles. The SMILES string of the molecule is CC(C)C(CN)C(=O)NCC(=O)N(C)C. The fraction of sp³-hybridized carbons (Fsp3) is 0.800. The number of rotatable bonds is 5. The Labute approximate surface area is 91.0 Å². The van der Waals surface area contributed by atoms with Crippen LogP contribution < -0.4 is 11.1 Å². The Kier molecular flexibility index (Phi) is 5.93. The van der Waals surface area contributed by atoms with Crippen LogP contribution in [-0.4, -0.2) is 43.9 Å². The molecule has 5 nitrogen and oxygen atoms in total. The van der Waals surface area contributed by atoms with Gasteiger partial charge in [-0.2, -0.15) is 0 Å². The first kappa shape index (κ1) is 13.9. The highest BCUT2D eigenvalue weighted by Crippen LogP contribution is 2.08. The molecule has 0 aliphatic carbocycles. The first-order valence-electron chi connectivity index (χ1n) is 5.08. The van der Waals surface area contributed by atoms with Crippen molar-refractivity contribution in [1.29, 1.82) is 0 Å². The van der Waals surface area contributed by atoms with Crippen molar-refractivity contribution in [3.8, 4) is 0 Å². The molecule has 0 bridgehead atoms. The summed E-state index contributed by atoms with van der Waals surface area (Å²) in [5.74, 6) is -0.310. The van der Waals surface area contributed by atoms with Gasteiger partial charge < -0.3 is 16.0 Å². The van der Waals surface area contributed by atoms with Crippen LogP contribution in [0.4, 0.5) is 0 Å². The molecule has 3 N–H and O–H groups in total. The van der Waals surface area contributed by atoms with Crippen molar-refractivity contribution in [3.05, 3.63) is 0 Å². The highest BCUT2D eigenvalue weighted by molar-refractivity contribution is 5.85. The zero-order valence-electron chi connectivity index (χ0n) is 9.91. The molecule has 0 spiro atoms. The quantitative estimate of drug-likeness (QED) is 0.644. The van der Waals surface area contributed by atoms with Crippen molar-refractivity contribution in [2.45, 2.75) is 13.8 Å². The van der Waals surface area contributed by atoms with Crippen molar-refractivity contribution in [2.24, 2.45) is 17.6 Å². The van der Waals surface area contributed by atoms with Gasteiger partial charge in [-0.3, -0.25) is 9.59 Å². The minimum atomic E-state index is -0.222. The van der Waals surface area contributed by atoms with Gasteiger partial charge in [0, 0.05) is 20.6 Å². The molecule has 2 amide bonds. The smallest absolute Gasteiger partial charge is 0.241 e. The van der Waals surface area contributed by atoms with E-state index in [4.69, 9.17) is 5.73 Å². The molecule has 0 radical (unpaired) electrons. The van der Waals surface area contributed by atoms with Crippen LogP contribution in [0.5, 0.6) is 0 Å². The van der Waals surface area contributed by atoms with Crippen molar-refractivity contribution < 1.29 is 9.59 Å². The summed E-state index contributed by atoms with van der Waals surface area (Å²) in [4.78, 5) is 24.2. The summed E-state index contributed by atoms with van der Waals surface area (Å²) in [6.45, 7) is 4.21. The van der Waals surface area contributed by atoms with Crippen LogP contribution in [-0.2, 0) is 9.59 Å². The van der Waals surface area contributed by atoms with E-state index < -0.39 is 0 Å². The second-order valence-corrected chi connectivity index (χ2v) is 4.09. The summed E-state index contributed by atoms with van der Waals surface area (Å²) in [7, 11) is 3.30. The molecule has 0 aliphatic rings. The zero-order valence-corrected chi connectivity index (χ0v) is 9.91. The molecule has 0 aromatic carbocycles. The standard InChI is InChI=1S/C10H21N3O2/c1-7(2)8(5-11)10(15)12-6-9(14)13(3)4/h7-8H,5-6,11H2,1-4H3,(H,12,15). The Morgan fingerprint density at radius 2 is 1.87 bits per heavy atom. The van der Waals surface area contributed by atoms with Gasteiger partial charge in [0.2, 0.25) is 11.8 Å². The van der Waals surface area contributed by atoms with Gasteiger partial charge in [-0.1, -0.05) is 13.8 Å². The number of nitrogens with one attached hydrogen (secondary N) is 1. The Bertz CT molecular complexity index is 227. The Morgan fingerprint density at radius 3 is 2.20 bits per heavy atom. The highest BCUT2D eigenvalue weighted by atomic mass is 16.2. The van der Waals surface area contributed by atoms with Gasteiger partial charge in [0.15, 0.2) is 0 Å². The topological polar surface area (TPSA) is 75.4 Å². The van der Waals surface area contributed by atoms with E-state index >= 15 is 0 Å². The number of amides is 2. The van der Waals surface area contributed by atoms with E-state index in [1.807, 2.05) is 13.8 Å². The van der Waals surface area contributed by atoms with E-state index in [0.717, 1.165) is 0 Å². The van der Waals surface area contributed by atoms with Gasteiger partial charge in [0.1, 0.15) is 0 Å². The zero-order chi connectivity index (χ0) is 12.0. The predicted octanol–water partition coefficient (Wildman–Crippen LogP) is -0.578. The normalized spacial score (nSPS) is 12.4. The Morgan fingerprint density at radius 1 is 1.33 bits per heavy atom. The summed E-state index contributed by atoms with van der Waals surface area (Å²) >= 11 is 0. The number of carbonyl (C=O) groups is 2. The Hall–Kier alpha value is -1.10. The summed E-state index contributed by atoms with van der Waals surface area (Å²) in [5.41, 5.74) is 5.48. The van der Waals surface area contributed by atoms with E-state index in [-0.39, 0.29) is 30.2 Å². The summed E-state index contributed by atoms with van der Waals surface area (Å²) in [5, 5.41) is 2.59. The molecule has 88 valence electrons. The number of hydrogen-bond acceptors (Lipinski definition) is 3. The lowest BCUT2D eigenvalue weighted by molar-refractivity contribution is -0.132. The van der Waals surface area contributed by atoms with Crippen LogP contribution in [0.15, 0.2) is 0 Å². The van der Waals surface area contributed by atoms with Gasteiger partial charge in [-0.25, -0.2) is 0 Å². The van der Waals surface area contributed by atoms with E-state index in [1.165, 1.54) is 4.90 Å². The van der Waals surface area contributed by atoms with E-state index in [0.29, 0.717) is 6.54 Å². The molecular weight excluding hydrogens is 194 g/mol. The summed E-state index contributed by atoms with van der Waals surface area (Å²) < 4.78 is 0. The molecule has 0 fully saturated rings. The molecule has 0 aromatic heterocycles. The average molecular weight is 215 g/mol. The number of nitrogens with two attached hydrogens (primary N) is 1. The first-order valence-corrected chi connectivity index (χ1v) is 5.08. The molecule has 0 aliphatic heterocycles. The fourth-order valence-corrected chi connectivity index (χ4v) is 1.13. The van der Waals surface area contributed by atoms with Crippen molar-refractivity contribution >= 4 is 11.8 Å². The van der Waals surface area contributed by atoms with Crippen LogP contribution in [0.2, 0.25) is 0 Å². The second kappa shape index (κ2) is 6.40. The van der Waals surface area contributed by atoms with Crippen molar-refractivity contribution in [1.82, 2.24) is 10.2 Å². The number of likely N-dealkylation sites (N-methyl/N-ethyl adjacent to an activating group) is 1. The Balaban J connectivity index is 4.07. The lowest BCUT2D eigenvalue weighted by atomic mass is 9.95. The maximum Gasteiger partial charge on any atom is 0.241 e. The maximum absolute atomic E-state index is 11.6. The van der Waals surface area contributed by atoms with Crippen molar-refractivity contribution in [2.75, 3.05) is 27.2 Å². The van der Waals surface area contributed by atoms with Gasteiger partial charge >= 0.3 is 0 Å². The van der Waals surface area contributed by atoms with Crippen LogP contribution >= 0.6 is 0 Å². The third-order valence-electron chi connectivity index (χ3n) is 2.31. The van der Waals surface area contributed by atoms with Crippen LogP contribution in [0.1, 0.15) is 13.8 Å². The van der Waals surface area contributed by atoms with Crippen LogP contribution in [0, 0.1) is 11.8 Å². The molecule has 1 unspecified atom stereocenters. The molecule has 5 heteroatoms. The average Bonchev–Trinajstić information content (AvgIpc) is 2.14. The highest BCUT2D eigenvalue weighted by Gasteiger charge is 2.20. The van der Waals surface area contributed by atoms with Gasteiger partial charge in [0.05, 0.1) is 12.5 Å². The van der Waals surface area contributed by atoms with E-state index in [1.54, 1.807) is 14.1 Å². The summed E-state index contributed by atoms with van der Waals surface area (Å²) in [6, 6.07) is 0. The number of nitrogens with zero attached hydrogens (tertiary/aromatic N) is 1. The maximum atomic E-state index is 11.6. The molecule has 15 heavy (non-hydrogen) atoms. The van der Waals surface area contributed by atoms with Crippen molar-refractivity contribution in [3.63, 3.8) is 0 Å². The number of carbonyl (C=O) groups excluding carboxylic acids is 2. The monoisotopic (exact) mass is 215 g/mol. The lowest BCUT2D eigenvalue weighted by Gasteiger charge is -2.18. The third kappa shape index (κ3) is 4.78. The minimum Gasteiger partial charge on any atom is -0.347 e. The molecule has 0 aromatic rings. The molecule has 0 heterocycles. The first-order chi connectivity index (χ1) is 6.90. The van der Waals surface area contributed by atoms with Gasteiger partial charge in [-0.15, -0.1) is 0 Å². The van der Waals surface area contributed by atoms with Crippen LogP contribution in [0.25, 0.3) is 0 Å². The lowest BCUT2D eigenvalue weighted by Crippen LogP contribution is -2.42. The molecule has 0 saturated carbocycles. The molecule has 0 rings (SSSR count). The molecular formula is C10H21N3O2. The van der Waals surface area contributed by atoms with E-state index in [9.17, 15) is 9.59 Å². The van der Waals surface area contributed by atoms with Gasteiger partial charge in [0.25, 0.3) is 0 Å². The number of hydrogen-bond donors (Lipinski definition) is 2. The minimum absolute atomic E-state index is 0.0368. The van der Waals surface area contributed by atoms with Gasteiger partial charge in [-0.05, 0) is 5.92 Å². The molecule has 1 atom stereocenters. The second-order valence-electron chi connectivity index (χ2n) is 4.09. The summed E-state index contributed by atoms with van der Waals surface area (Å²) in [6.07, 6.45) is 0. The van der Waals surface area contributed by atoms with E-state index in [2.05, 4.69) is 5.32 Å². The third-order valence-corrected chi connectivity index (χ3v) is 2.31. The predicted molar refractivity (Wildman–Crippen MR) is 59.1 cm³/mol. The fourth-order valence-electron chi connectivity index (χ4n) is 1.13. The van der Waals surface area contributed by atoms with Crippen LogP contribution in [0.3, 0.4) is 0 Å². The largest absolute Gasteiger partial charge is 0.347 e.